The molecular formula is C22H43IN6O3. The van der Waals surface area contributed by atoms with E-state index in [2.05, 4.69) is 25.8 Å². The Morgan fingerprint density at radius 1 is 1.12 bits per heavy atom. The lowest BCUT2D eigenvalue weighted by Crippen LogP contribution is -2.50. The van der Waals surface area contributed by atoms with Crippen molar-refractivity contribution in [3.63, 3.8) is 0 Å². The molecule has 2 amide bonds. The first-order chi connectivity index (χ1) is 14.7. The number of nitrogens with zero attached hydrogens (tertiary/aromatic N) is 3. The standard InChI is InChI=1S/C22H42N6O3.HI/c1-22(2,3)31-21(30)28-12-6-7-17(15-28)8-11-25-20(24-5)26-18-9-13-27(14-10-18)16-19(29)23-4;/h17-18H,6-16H2,1-5H3,(H,23,29)(H2,24,25,26);1H. The number of halogens is 1. The quantitative estimate of drug-likeness (QED) is 0.259. The molecule has 2 heterocycles. The fourth-order valence-electron chi connectivity index (χ4n) is 4.09. The van der Waals surface area contributed by atoms with E-state index in [0.717, 1.165) is 70.8 Å². The molecule has 2 saturated heterocycles. The summed E-state index contributed by atoms with van der Waals surface area (Å²) < 4.78 is 5.52. The second-order valence-corrected chi connectivity index (χ2v) is 9.59. The maximum absolute atomic E-state index is 12.3. The third-order valence-corrected chi connectivity index (χ3v) is 5.81. The highest BCUT2D eigenvalue weighted by molar-refractivity contribution is 14.0. The minimum absolute atomic E-state index is 0. The highest BCUT2D eigenvalue weighted by Gasteiger charge is 2.27. The number of carbonyl (C=O) groups is 2. The molecule has 186 valence electrons. The smallest absolute Gasteiger partial charge is 0.410 e. The molecule has 2 fully saturated rings. The van der Waals surface area contributed by atoms with Crippen LogP contribution in [0.15, 0.2) is 4.99 Å². The lowest BCUT2D eigenvalue weighted by Gasteiger charge is -2.34. The van der Waals surface area contributed by atoms with E-state index in [0.29, 0.717) is 18.5 Å². The molecule has 2 rings (SSSR count). The maximum atomic E-state index is 12.3. The SMILES string of the molecule is CN=C(NCCC1CCCN(C(=O)OC(C)(C)C)C1)NC1CCN(CC(=O)NC)CC1.I. The Morgan fingerprint density at radius 2 is 1.81 bits per heavy atom. The molecule has 2 aliphatic rings. The van der Waals surface area contributed by atoms with Crippen LogP contribution in [0.2, 0.25) is 0 Å². The third kappa shape index (κ3) is 10.5. The van der Waals surface area contributed by atoms with Crippen LogP contribution in [0.4, 0.5) is 4.79 Å². The van der Waals surface area contributed by atoms with Crippen molar-refractivity contribution < 1.29 is 14.3 Å². The number of hydrogen-bond acceptors (Lipinski definition) is 5. The average Bonchev–Trinajstić information content (AvgIpc) is 2.73. The zero-order valence-corrected chi connectivity index (χ0v) is 22.7. The lowest BCUT2D eigenvalue weighted by molar-refractivity contribution is -0.122. The van der Waals surface area contributed by atoms with Crippen molar-refractivity contribution in [3.8, 4) is 0 Å². The summed E-state index contributed by atoms with van der Waals surface area (Å²) in [6.07, 6.45) is 4.92. The van der Waals surface area contributed by atoms with Gasteiger partial charge in [-0.15, -0.1) is 24.0 Å². The van der Waals surface area contributed by atoms with Crippen molar-refractivity contribution in [2.24, 2.45) is 10.9 Å². The summed E-state index contributed by atoms with van der Waals surface area (Å²) in [5.41, 5.74) is -0.456. The molecule has 0 aromatic rings. The van der Waals surface area contributed by atoms with Gasteiger partial charge in [-0.3, -0.25) is 14.7 Å². The van der Waals surface area contributed by atoms with Gasteiger partial charge in [-0.25, -0.2) is 4.79 Å². The maximum Gasteiger partial charge on any atom is 0.410 e. The summed E-state index contributed by atoms with van der Waals surface area (Å²) >= 11 is 0. The van der Waals surface area contributed by atoms with Crippen LogP contribution in [0, 0.1) is 5.92 Å². The number of guanidine groups is 1. The topological polar surface area (TPSA) is 98.3 Å². The number of amides is 2. The van der Waals surface area contributed by atoms with Gasteiger partial charge < -0.3 is 25.6 Å². The Kier molecular flexibility index (Phi) is 12.6. The number of piperidine rings is 2. The monoisotopic (exact) mass is 566 g/mol. The van der Waals surface area contributed by atoms with E-state index in [1.165, 1.54) is 0 Å². The van der Waals surface area contributed by atoms with Crippen LogP contribution in [0.5, 0.6) is 0 Å². The van der Waals surface area contributed by atoms with E-state index >= 15 is 0 Å². The Hall–Kier alpha value is -1.30. The number of rotatable bonds is 6. The van der Waals surface area contributed by atoms with Gasteiger partial charge in [-0.2, -0.15) is 0 Å². The Balaban J connectivity index is 0.00000512. The molecule has 3 N–H and O–H groups in total. The fourth-order valence-corrected chi connectivity index (χ4v) is 4.09. The zero-order valence-electron chi connectivity index (χ0n) is 20.4. The number of aliphatic imine (C=N–C) groups is 1. The van der Waals surface area contributed by atoms with Crippen LogP contribution in [-0.4, -0.2) is 92.8 Å². The molecule has 0 radical (unpaired) electrons. The summed E-state index contributed by atoms with van der Waals surface area (Å²) in [6, 6.07) is 0.365. The van der Waals surface area contributed by atoms with Gasteiger partial charge in [0, 0.05) is 52.9 Å². The molecule has 1 atom stereocenters. The van der Waals surface area contributed by atoms with Crippen LogP contribution in [-0.2, 0) is 9.53 Å². The third-order valence-electron chi connectivity index (χ3n) is 5.81. The molecule has 1 unspecified atom stereocenters. The van der Waals surface area contributed by atoms with Gasteiger partial charge in [-0.05, 0) is 58.8 Å². The van der Waals surface area contributed by atoms with Crippen molar-refractivity contribution >= 4 is 41.9 Å². The number of ether oxygens (including phenoxy) is 1. The van der Waals surface area contributed by atoms with E-state index in [-0.39, 0.29) is 36.0 Å². The Morgan fingerprint density at radius 3 is 2.41 bits per heavy atom. The van der Waals surface area contributed by atoms with E-state index in [4.69, 9.17) is 4.74 Å². The van der Waals surface area contributed by atoms with Crippen LogP contribution in [0.1, 0.15) is 52.9 Å². The highest BCUT2D eigenvalue weighted by atomic mass is 127. The zero-order chi connectivity index (χ0) is 22.9. The summed E-state index contributed by atoms with van der Waals surface area (Å²) in [5, 5.41) is 9.62. The van der Waals surface area contributed by atoms with Gasteiger partial charge in [0.25, 0.3) is 0 Å². The highest BCUT2D eigenvalue weighted by Crippen LogP contribution is 2.21. The van der Waals surface area contributed by atoms with Gasteiger partial charge in [-0.1, -0.05) is 0 Å². The van der Waals surface area contributed by atoms with Crippen LogP contribution >= 0.6 is 24.0 Å². The first kappa shape index (κ1) is 28.7. The molecule has 0 saturated carbocycles. The number of carbonyl (C=O) groups excluding carboxylic acids is 2. The first-order valence-corrected chi connectivity index (χ1v) is 11.6. The van der Waals surface area contributed by atoms with Crippen LogP contribution < -0.4 is 16.0 Å². The van der Waals surface area contributed by atoms with Gasteiger partial charge in [0.05, 0.1) is 6.54 Å². The predicted octanol–water partition coefficient (Wildman–Crippen LogP) is 2.02. The van der Waals surface area contributed by atoms with Crippen molar-refractivity contribution in [1.29, 1.82) is 0 Å². The summed E-state index contributed by atoms with van der Waals surface area (Å²) in [6.45, 7) is 10.4. The summed E-state index contributed by atoms with van der Waals surface area (Å²) in [4.78, 5) is 32.3. The molecule has 10 heteroatoms. The second kappa shape index (κ2) is 14.1. The number of nitrogens with one attached hydrogen (secondary N) is 3. The molecule has 0 bridgehead atoms. The lowest BCUT2D eigenvalue weighted by atomic mass is 9.95. The molecule has 0 aromatic carbocycles. The normalized spacial score (nSPS) is 20.8. The first-order valence-electron chi connectivity index (χ1n) is 11.6. The van der Waals surface area contributed by atoms with Crippen LogP contribution in [0.3, 0.4) is 0 Å². The molecule has 2 aliphatic heterocycles. The number of likely N-dealkylation sites (N-methyl/N-ethyl adjacent to an activating group) is 1. The van der Waals surface area contributed by atoms with Gasteiger partial charge in [0.15, 0.2) is 5.96 Å². The predicted molar refractivity (Wildman–Crippen MR) is 139 cm³/mol. The largest absolute Gasteiger partial charge is 0.444 e. The molecule has 32 heavy (non-hydrogen) atoms. The number of likely N-dealkylation sites (tertiary alicyclic amines) is 2. The van der Waals surface area contributed by atoms with Crippen LogP contribution in [0.25, 0.3) is 0 Å². The van der Waals surface area contributed by atoms with Crippen molar-refractivity contribution in [2.75, 3.05) is 53.4 Å². The Bertz CT molecular complexity index is 617. The average molecular weight is 567 g/mol. The molecule has 9 nitrogen and oxygen atoms in total. The molecule has 0 aliphatic carbocycles. The minimum atomic E-state index is -0.456. The Labute approximate surface area is 210 Å². The molecule has 0 aromatic heterocycles. The van der Waals surface area contributed by atoms with E-state index in [1.54, 1.807) is 14.1 Å². The van der Waals surface area contributed by atoms with E-state index in [9.17, 15) is 9.59 Å². The van der Waals surface area contributed by atoms with Crippen molar-refractivity contribution in [3.05, 3.63) is 0 Å². The van der Waals surface area contributed by atoms with Gasteiger partial charge in [0.1, 0.15) is 5.60 Å². The second-order valence-electron chi connectivity index (χ2n) is 9.59. The molecule has 0 spiro atoms. The fraction of sp³-hybridized carbons (Fsp3) is 0.864. The molecular weight excluding hydrogens is 523 g/mol. The van der Waals surface area contributed by atoms with Crippen molar-refractivity contribution in [1.82, 2.24) is 25.8 Å². The summed E-state index contributed by atoms with van der Waals surface area (Å²) in [7, 11) is 3.47. The van der Waals surface area contributed by atoms with Crippen molar-refractivity contribution in [2.45, 2.75) is 64.5 Å². The van der Waals surface area contributed by atoms with E-state index in [1.807, 2.05) is 25.7 Å². The number of hydrogen-bond donors (Lipinski definition) is 3. The summed E-state index contributed by atoms with van der Waals surface area (Å²) in [5.74, 6) is 1.36. The minimum Gasteiger partial charge on any atom is -0.444 e. The van der Waals surface area contributed by atoms with Gasteiger partial charge >= 0.3 is 6.09 Å². The van der Waals surface area contributed by atoms with E-state index < -0.39 is 5.60 Å². The van der Waals surface area contributed by atoms with Gasteiger partial charge in [0.2, 0.25) is 5.91 Å².